The Morgan fingerprint density at radius 1 is 1.12 bits per heavy atom. The number of carbonyl (C=O) groups excluding carboxylic acids is 2. The molecule has 5 nitrogen and oxygen atoms in total. The summed E-state index contributed by atoms with van der Waals surface area (Å²) in [6, 6.07) is 10.2. The van der Waals surface area contributed by atoms with Crippen LogP contribution in [-0.2, 0) is 9.53 Å². The van der Waals surface area contributed by atoms with Crippen molar-refractivity contribution in [3.8, 4) is 5.75 Å². The third kappa shape index (κ3) is 4.99. The highest BCUT2D eigenvalue weighted by Crippen LogP contribution is 2.23. The van der Waals surface area contributed by atoms with Crippen LogP contribution in [-0.4, -0.2) is 24.6 Å². The molecule has 6 heteroatoms. The summed E-state index contributed by atoms with van der Waals surface area (Å²) in [5.41, 5.74) is 2.63. The molecule has 0 radical (unpaired) electrons. The Balaban J connectivity index is 2.09. The number of esters is 1. The molecule has 2 aromatic carbocycles. The van der Waals surface area contributed by atoms with Crippen LogP contribution in [0.5, 0.6) is 5.75 Å². The van der Waals surface area contributed by atoms with Crippen LogP contribution >= 0.6 is 11.6 Å². The largest absolute Gasteiger partial charge is 0.481 e. The zero-order chi connectivity index (χ0) is 19.3. The van der Waals surface area contributed by atoms with Crippen LogP contribution in [0, 0.1) is 13.8 Å². The van der Waals surface area contributed by atoms with E-state index in [2.05, 4.69) is 5.32 Å². The normalized spacial score (nSPS) is 11.6. The van der Waals surface area contributed by atoms with Crippen LogP contribution < -0.4 is 10.1 Å². The lowest BCUT2D eigenvalue weighted by Gasteiger charge is -2.17. The Bertz CT molecular complexity index is 819. The summed E-state index contributed by atoms with van der Waals surface area (Å²) in [6.07, 6.45) is -0.721. The molecule has 0 aromatic heterocycles. The lowest BCUT2D eigenvalue weighted by molar-refractivity contribution is -0.122. The minimum Gasteiger partial charge on any atom is -0.481 e. The number of rotatable bonds is 6. The molecule has 2 aromatic rings. The van der Waals surface area contributed by atoms with E-state index in [-0.39, 0.29) is 5.91 Å². The predicted octanol–water partition coefficient (Wildman–Crippen LogP) is 4.54. The molecule has 138 valence electrons. The van der Waals surface area contributed by atoms with Crippen LogP contribution in [0.15, 0.2) is 36.4 Å². The van der Waals surface area contributed by atoms with Gasteiger partial charge in [-0.15, -0.1) is 0 Å². The zero-order valence-corrected chi connectivity index (χ0v) is 16.0. The zero-order valence-electron chi connectivity index (χ0n) is 15.3. The van der Waals surface area contributed by atoms with E-state index < -0.39 is 12.1 Å². The predicted molar refractivity (Wildman–Crippen MR) is 102 cm³/mol. The van der Waals surface area contributed by atoms with Gasteiger partial charge in [-0.25, -0.2) is 4.79 Å². The molecule has 26 heavy (non-hydrogen) atoms. The van der Waals surface area contributed by atoms with Crippen molar-refractivity contribution in [1.29, 1.82) is 0 Å². The number of ether oxygens (including phenoxy) is 2. The second kappa shape index (κ2) is 8.72. The number of hydrogen-bond donors (Lipinski definition) is 1. The van der Waals surface area contributed by atoms with E-state index in [1.807, 2.05) is 13.8 Å². The van der Waals surface area contributed by atoms with E-state index in [0.29, 0.717) is 28.6 Å². The number of amides is 1. The van der Waals surface area contributed by atoms with Crippen molar-refractivity contribution in [2.45, 2.75) is 33.8 Å². The highest BCUT2D eigenvalue weighted by molar-refractivity contribution is 6.31. The number of nitrogens with one attached hydrogen (secondary N) is 1. The van der Waals surface area contributed by atoms with Gasteiger partial charge in [0.15, 0.2) is 6.10 Å². The first kappa shape index (κ1) is 19.8. The Morgan fingerprint density at radius 2 is 1.85 bits per heavy atom. The average Bonchev–Trinajstić information content (AvgIpc) is 2.60. The summed E-state index contributed by atoms with van der Waals surface area (Å²) in [6.45, 7) is 7.40. The van der Waals surface area contributed by atoms with Gasteiger partial charge in [-0.1, -0.05) is 17.7 Å². The Morgan fingerprint density at radius 3 is 2.50 bits per heavy atom. The summed E-state index contributed by atoms with van der Waals surface area (Å²) < 4.78 is 10.7. The third-order valence-electron chi connectivity index (χ3n) is 3.82. The van der Waals surface area contributed by atoms with Crippen molar-refractivity contribution >= 4 is 29.2 Å². The highest BCUT2D eigenvalue weighted by Gasteiger charge is 2.17. The highest BCUT2D eigenvalue weighted by atomic mass is 35.5. The van der Waals surface area contributed by atoms with Crippen molar-refractivity contribution in [2.75, 3.05) is 11.9 Å². The van der Waals surface area contributed by atoms with Crippen molar-refractivity contribution in [3.63, 3.8) is 0 Å². The molecule has 0 aliphatic carbocycles. The second-order valence-corrected chi connectivity index (χ2v) is 6.32. The van der Waals surface area contributed by atoms with Crippen LogP contribution in [0.4, 0.5) is 5.69 Å². The van der Waals surface area contributed by atoms with Gasteiger partial charge in [0.2, 0.25) is 0 Å². The van der Waals surface area contributed by atoms with Gasteiger partial charge in [0, 0.05) is 10.7 Å². The molecule has 1 unspecified atom stereocenters. The number of halogens is 1. The molecule has 2 rings (SSSR count). The van der Waals surface area contributed by atoms with Gasteiger partial charge < -0.3 is 14.8 Å². The maximum atomic E-state index is 12.4. The van der Waals surface area contributed by atoms with Crippen LogP contribution in [0.1, 0.15) is 35.3 Å². The molecule has 0 aliphatic rings. The van der Waals surface area contributed by atoms with Gasteiger partial charge >= 0.3 is 5.97 Å². The summed E-state index contributed by atoms with van der Waals surface area (Å²) in [5.74, 6) is -0.183. The van der Waals surface area contributed by atoms with Crippen molar-refractivity contribution in [1.82, 2.24) is 0 Å². The first-order valence-corrected chi connectivity index (χ1v) is 8.71. The van der Waals surface area contributed by atoms with E-state index in [1.54, 1.807) is 50.2 Å². The quantitative estimate of drug-likeness (QED) is 0.753. The van der Waals surface area contributed by atoms with E-state index >= 15 is 0 Å². The molecule has 0 saturated carbocycles. The molecule has 0 heterocycles. The average molecular weight is 376 g/mol. The standard InChI is InChI=1S/C20H22ClNO4/c1-5-25-20(24)15-7-6-12(2)18(11-15)22-19(23)14(4)26-16-8-9-17(21)13(3)10-16/h6-11,14H,5H2,1-4H3,(H,22,23). The molecule has 1 amide bonds. The molecule has 1 atom stereocenters. The number of anilines is 1. The number of aryl methyl sites for hydroxylation is 2. The van der Waals surface area contributed by atoms with Gasteiger partial charge in [-0.2, -0.15) is 0 Å². The lowest BCUT2D eigenvalue weighted by Crippen LogP contribution is -2.30. The number of benzene rings is 2. The molecule has 1 N–H and O–H groups in total. The maximum Gasteiger partial charge on any atom is 0.338 e. The van der Waals surface area contributed by atoms with E-state index in [0.717, 1.165) is 11.1 Å². The third-order valence-corrected chi connectivity index (χ3v) is 4.24. The van der Waals surface area contributed by atoms with Crippen molar-refractivity contribution in [3.05, 3.63) is 58.1 Å². The SMILES string of the molecule is CCOC(=O)c1ccc(C)c(NC(=O)C(C)Oc2ccc(Cl)c(C)c2)c1. The minimum atomic E-state index is -0.721. The number of carbonyl (C=O) groups is 2. The summed E-state index contributed by atoms with van der Waals surface area (Å²) in [5, 5.41) is 3.44. The topological polar surface area (TPSA) is 64.6 Å². The van der Waals surface area contributed by atoms with E-state index in [1.165, 1.54) is 0 Å². The Hall–Kier alpha value is -2.53. The molecule has 0 bridgehead atoms. The van der Waals surface area contributed by atoms with Crippen LogP contribution in [0.3, 0.4) is 0 Å². The van der Waals surface area contributed by atoms with Crippen LogP contribution in [0.2, 0.25) is 5.02 Å². The molecule has 0 saturated heterocycles. The lowest BCUT2D eigenvalue weighted by atomic mass is 10.1. The van der Waals surface area contributed by atoms with Gasteiger partial charge in [-0.3, -0.25) is 4.79 Å². The molecule has 0 spiro atoms. The van der Waals surface area contributed by atoms with Gasteiger partial charge in [0.05, 0.1) is 12.2 Å². The van der Waals surface area contributed by atoms with Gasteiger partial charge in [0.25, 0.3) is 5.91 Å². The number of hydrogen-bond acceptors (Lipinski definition) is 4. The molecular weight excluding hydrogens is 354 g/mol. The minimum absolute atomic E-state index is 0.291. The fourth-order valence-corrected chi connectivity index (χ4v) is 2.40. The fraction of sp³-hybridized carbons (Fsp3) is 0.300. The first-order chi connectivity index (χ1) is 12.3. The Labute approximate surface area is 158 Å². The Kier molecular flexibility index (Phi) is 6.64. The van der Waals surface area contributed by atoms with E-state index in [9.17, 15) is 9.59 Å². The summed E-state index contributed by atoms with van der Waals surface area (Å²) in [7, 11) is 0. The van der Waals surface area contributed by atoms with E-state index in [4.69, 9.17) is 21.1 Å². The van der Waals surface area contributed by atoms with Crippen molar-refractivity contribution < 1.29 is 19.1 Å². The van der Waals surface area contributed by atoms with Crippen LogP contribution in [0.25, 0.3) is 0 Å². The first-order valence-electron chi connectivity index (χ1n) is 8.33. The second-order valence-electron chi connectivity index (χ2n) is 5.91. The van der Waals surface area contributed by atoms with Gasteiger partial charge in [0.1, 0.15) is 5.75 Å². The van der Waals surface area contributed by atoms with Gasteiger partial charge in [-0.05, 0) is 69.2 Å². The fourth-order valence-electron chi connectivity index (χ4n) is 2.28. The molecule has 0 fully saturated rings. The molecular formula is C20H22ClNO4. The van der Waals surface area contributed by atoms with Crippen molar-refractivity contribution in [2.24, 2.45) is 0 Å². The summed E-state index contributed by atoms with van der Waals surface area (Å²) in [4.78, 5) is 24.3. The monoisotopic (exact) mass is 375 g/mol. The maximum absolute atomic E-state index is 12.4. The smallest absolute Gasteiger partial charge is 0.338 e. The molecule has 0 aliphatic heterocycles. The summed E-state index contributed by atoms with van der Waals surface area (Å²) >= 11 is 5.99.